The molecule has 6 nitrogen and oxygen atoms in total. The number of aromatic hydroxyl groups is 2. The molecule has 2 unspecified atom stereocenters. The summed E-state index contributed by atoms with van der Waals surface area (Å²) in [5, 5.41) is 18.5. The molecule has 1 heterocycles. The van der Waals surface area contributed by atoms with E-state index in [0.717, 1.165) is 25.7 Å². The second-order valence-corrected chi connectivity index (χ2v) is 4.48. The molecule has 0 aromatic carbocycles. The SMILES string of the molecule is CCCCC1CC1OC(=O)On1c(O)ccc1O. The van der Waals surface area contributed by atoms with Gasteiger partial charge in [0.15, 0.2) is 0 Å². The summed E-state index contributed by atoms with van der Waals surface area (Å²) in [6.45, 7) is 2.12. The van der Waals surface area contributed by atoms with Gasteiger partial charge in [-0.25, -0.2) is 4.79 Å². The summed E-state index contributed by atoms with van der Waals surface area (Å²) in [5.74, 6) is -0.296. The van der Waals surface area contributed by atoms with Crippen LogP contribution in [0, 0.1) is 5.92 Å². The van der Waals surface area contributed by atoms with Crippen molar-refractivity contribution in [1.29, 1.82) is 0 Å². The van der Waals surface area contributed by atoms with Gasteiger partial charge < -0.3 is 14.9 Å². The first kappa shape index (κ1) is 12.6. The summed E-state index contributed by atoms with van der Waals surface area (Å²) in [4.78, 5) is 16.1. The molecule has 0 bridgehead atoms. The van der Waals surface area contributed by atoms with Gasteiger partial charge in [0.05, 0.1) is 0 Å². The zero-order valence-corrected chi connectivity index (χ0v) is 10.2. The number of nitrogens with zero attached hydrogens (tertiary/aromatic N) is 1. The lowest BCUT2D eigenvalue weighted by Crippen LogP contribution is -2.21. The third kappa shape index (κ3) is 2.88. The maximum absolute atomic E-state index is 11.4. The predicted octanol–water partition coefficient (Wildman–Crippen LogP) is 2.04. The Balaban J connectivity index is 1.77. The van der Waals surface area contributed by atoms with Gasteiger partial charge in [-0.3, -0.25) is 4.84 Å². The molecule has 6 heteroatoms. The van der Waals surface area contributed by atoms with E-state index in [1.54, 1.807) is 0 Å². The van der Waals surface area contributed by atoms with Crippen molar-refractivity contribution in [2.45, 2.75) is 38.7 Å². The van der Waals surface area contributed by atoms with Gasteiger partial charge in [0.2, 0.25) is 11.8 Å². The van der Waals surface area contributed by atoms with Crippen molar-refractivity contribution < 1.29 is 24.6 Å². The number of ether oxygens (including phenoxy) is 1. The molecule has 1 fully saturated rings. The fraction of sp³-hybridized carbons (Fsp3) is 0.583. The minimum atomic E-state index is -0.916. The van der Waals surface area contributed by atoms with Crippen molar-refractivity contribution in [3.63, 3.8) is 0 Å². The lowest BCUT2D eigenvalue weighted by molar-refractivity contribution is 0.0278. The van der Waals surface area contributed by atoms with Crippen LogP contribution in [0.25, 0.3) is 0 Å². The second kappa shape index (κ2) is 5.20. The quantitative estimate of drug-likeness (QED) is 0.787. The summed E-state index contributed by atoms with van der Waals surface area (Å²) in [6.07, 6.45) is 3.15. The van der Waals surface area contributed by atoms with Crippen molar-refractivity contribution in [1.82, 2.24) is 4.73 Å². The number of aromatic nitrogens is 1. The first-order valence-corrected chi connectivity index (χ1v) is 6.10. The fourth-order valence-electron chi connectivity index (χ4n) is 1.85. The summed E-state index contributed by atoms with van der Waals surface area (Å²) < 4.78 is 5.67. The van der Waals surface area contributed by atoms with Crippen LogP contribution in [0.1, 0.15) is 32.6 Å². The number of hydrogen-bond donors (Lipinski definition) is 2. The Hall–Kier alpha value is -1.85. The van der Waals surface area contributed by atoms with E-state index in [-0.39, 0.29) is 17.9 Å². The molecule has 2 rings (SSSR count). The molecule has 0 aliphatic heterocycles. The van der Waals surface area contributed by atoms with Crippen LogP contribution in [-0.4, -0.2) is 27.2 Å². The van der Waals surface area contributed by atoms with Crippen molar-refractivity contribution in [3.05, 3.63) is 12.1 Å². The highest BCUT2D eigenvalue weighted by atomic mass is 16.8. The summed E-state index contributed by atoms with van der Waals surface area (Å²) in [7, 11) is 0. The molecule has 1 aromatic rings. The van der Waals surface area contributed by atoms with E-state index in [1.807, 2.05) is 0 Å². The lowest BCUT2D eigenvalue weighted by Gasteiger charge is -2.07. The molecule has 0 radical (unpaired) electrons. The molecule has 18 heavy (non-hydrogen) atoms. The highest BCUT2D eigenvalue weighted by Crippen LogP contribution is 2.38. The van der Waals surface area contributed by atoms with E-state index in [0.29, 0.717) is 10.6 Å². The van der Waals surface area contributed by atoms with Gasteiger partial charge in [-0.05, 0) is 18.8 Å². The topological polar surface area (TPSA) is 80.9 Å². The highest BCUT2D eigenvalue weighted by molar-refractivity contribution is 5.61. The maximum atomic E-state index is 11.4. The van der Waals surface area contributed by atoms with Crippen molar-refractivity contribution in [2.75, 3.05) is 0 Å². The Bertz CT molecular complexity index is 409. The van der Waals surface area contributed by atoms with Crippen molar-refractivity contribution in [3.8, 4) is 11.8 Å². The molecule has 2 N–H and O–H groups in total. The van der Waals surface area contributed by atoms with Crippen LogP contribution in [0.4, 0.5) is 4.79 Å². The average molecular weight is 255 g/mol. The molecular weight excluding hydrogens is 238 g/mol. The minimum absolute atomic E-state index is 0.0936. The van der Waals surface area contributed by atoms with Crippen LogP contribution in [-0.2, 0) is 4.74 Å². The van der Waals surface area contributed by atoms with Crippen LogP contribution in [0.5, 0.6) is 11.8 Å². The third-order valence-electron chi connectivity index (χ3n) is 3.00. The monoisotopic (exact) mass is 255 g/mol. The number of carbonyl (C=O) groups excluding carboxylic acids is 1. The molecule has 2 atom stereocenters. The molecule has 1 aliphatic carbocycles. The van der Waals surface area contributed by atoms with E-state index < -0.39 is 6.16 Å². The first-order chi connectivity index (χ1) is 8.61. The Morgan fingerprint density at radius 3 is 2.72 bits per heavy atom. The van der Waals surface area contributed by atoms with Gasteiger partial charge in [0, 0.05) is 12.1 Å². The number of carbonyl (C=O) groups is 1. The summed E-state index contributed by atoms with van der Waals surface area (Å²) in [5.41, 5.74) is 0. The maximum Gasteiger partial charge on any atom is 0.534 e. The van der Waals surface area contributed by atoms with Crippen LogP contribution in [0.3, 0.4) is 0 Å². The van der Waals surface area contributed by atoms with Gasteiger partial charge in [-0.1, -0.05) is 19.8 Å². The van der Waals surface area contributed by atoms with Gasteiger partial charge >= 0.3 is 6.16 Å². The number of rotatable bonds is 5. The molecular formula is C12H17NO5. The zero-order chi connectivity index (χ0) is 13.1. The Labute approximate surface area is 105 Å². The predicted molar refractivity (Wildman–Crippen MR) is 62.2 cm³/mol. The molecule has 100 valence electrons. The van der Waals surface area contributed by atoms with Crippen LogP contribution >= 0.6 is 0 Å². The van der Waals surface area contributed by atoms with Crippen LogP contribution < -0.4 is 4.84 Å². The van der Waals surface area contributed by atoms with Crippen LogP contribution in [0.2, 0.25) is 0 Å². The van der Waals surface area contributed by atoms with Crippen LogP contribution in [0.15, 0.2) is 12.1 Å². The standard InChI is InChI=1S/C12H17NO5/c1-2-3-4-8-7-9(8)17-12(16)18-13-10(14)5-6-11(13)15/h5-6,8-9,14-15H,2-4,7H2,1H3. The van der Waals surface area contributed by atoms with E-state index in [9.17, 15) is 15.0 Å². The largest absolute Gasteiger partial charge is 0.534 e. The Morgan fingerprint density at radius 1 is 1.44 bits per heavy atom. The normalized spacial score (nSPS) is 21.6. The Morgan fingerprint density at radius 2 is 2.11 bits per heavy atom. The lowest BCUT2D eigenvalue weighted by atomic mass is 10.2. The van der Waals surface area contributed by atoms with Gasteiger partial charge in [0.1, 0.15) is 6.10 Å². The number of hydrogen-bond acceptors (Lipinski definition) is 5. The fourth-order valence-corrected chi connectivity index (χ4v) is 1.85. The first-order valence-electron chi connectivity index (χ1n) is 6.10. The van der Waals surface area contributed by atoms with E-state index in [1.165, 1.54) is 12.1 Å². The number of unbranched alkanes of at least 4 members (excludes halogenated alkanes) is 1. The summed E-state index contributed by atoms with van der Waals surface area (Å²) in [6, 6.07) is 2.42. The molecule has 1 aliphatic rings. The van der Waals surface area contributed by atoms with E-state index in [4.69, 9.17) is 4.74 Å². The molecule has 0 amide bonds. The second-order valence-electron chi connectivity index (χ2n) is 4.48. The van der Waals surface area contributed by atoms with Crippen molar-refractivity contribution in [2.24, 2.45) is 5.92 Å². The average Bonchev–Trinajstić information content (AvgIpc) is 3.00. The van der Waals surface area contributed by atoms with E-state index in [2.05, 4.69) is 11.8 Å². The van der Waals surface area contributed by atoms with Crippen molar-refractivity contribution >= 4 is 6.16 Å². The van der Waals surface area contributed by atoms with Gasteiger partial charge in [-0.15, -0.1) is 4.73 Å². The zero-order valence-electron chi connectivity index (χ0n) is 10.2. The highest BCUT2D eigenvalue weighted by Gasteiger charge is 2.40. The van der Waals surface area contributed by atoms with Gasteiger partial charge in [0.25, 0.3) is 0 Å². The smallest absolute Gasteiger partial charge is 0.492 e. The molecule has 1 saturated carbocycles. The molecule has 0 spiro atoms. The van der Waals surface area contributed by atoms with E-state index >= 15 is 0 Å². The molecule has 0 saturated heterocycles. The van der Waals surface area contributed by atoms with Gasteiger partial charge in [-0.2, -0.15) is 0 Å². The Kier molecular flexibility index (Phi) is 3.64. The minimum Gasteiger partial charge on any atom is -0.492 e. The third-order valence-corrected chi connectivity index (χ3v) is 3.00. The summed E-state index contributed by atoms with van der Waals surface area (Å²) >= 11 is 0. The molecule has 1 aromatic heterocycles.